The fraction of sp³-hybridized carbons (Fsp3) is 0.269. The summed E-state index contributed by atoms with van der Waals surface area (Å²) in [6, 6.07) is 15.9. The van der Waals surface area contributed by atoms with Crippen molar-refractivity contribution in [2.45, 2.75) is 25.3 Å². The van der Waals surface area contributed by atoms with E-state index < -0.39 is 6.23 Å². The zero-order valence-electron chi connectivity index (χ0n) is 19.5. The number of nitrogens with one attached hydrogen (secondary N) is 2. The van der Waals surface area contributed by atoms with E-state index >= 15 is 0 Å². The van der Waals surface area contributed by atoms with Gasteiger partial charge in [-0.2, -0.15) is 5.10 Å². The molecule has 2 atom stereocenters. The Kier molecular flexibility index (Phi) is 6.26. The second kappa shape index (κ2) is 9.48. The summed E-state index contributed by atoms with van der Waals surface area (Å²) in [6.07, 6.45) is 2.73. The molecule has 1 aliphatic heterocycles. The normalized spacial score (nSPS) is 16.3. The molecule has 5 rings (SSSR count). The summed E-state index contributed by atoms with van der Waals surface area (Å²) < 4.78 is 1.92. The summed E-state index contributed by atoms with van der Waals surface area (Å²) in [6.45, 7) is 4.90. The molecular weight excluding hydrogens is 444 g/mol. The maximum Gasteiger partial charge on any atom is 0.150 e. The predicted octanol–water partition coefficient (Wildman–Crippen LogP) is 4.85. The van der Waals surface area contributed by atoms with Crippen molar-refractivity contribution >= 4 is 23.3 Å². The van der Waals surface area contributed by atoms with Crippen molar-refractivity contribution in [1.82, 2.24) is 19.7 Å². The third-order valence-corrected chi connectivity index (χ3v) is 7.39. The lowest BCUT2D eigenvalue weighted by Crippen LogP contribution is -2.12. The third-order valence-electron chi connectivity index (χ3n) is 6.12. The Hall–Kier alpha value is -3.36. The Morgan fingerprint density at radius 2 is 1.97 bits per heavy atom. The number of hydrogen-bond donors (Lipinski definition) is 3. The number of nitrogens with zero attached hydrogens (tertiary/aromatic N) is 4. The van der Waals surface area contributed by atoms with Crippen LogP contribution in [-0.4, -0.2) is 37.2 Å². The first-order valence-electron chi connectivity index (χ1n) is 11.3. The molecule has 0 bridgehead atoms. The second-order valence-corrected chi connectivity index (χ2v) is 9.64. The molecule has 1 aliphatic rings. The zero-order valence-corrected chi connectivity index (χ0v) is 20.3. The average Bonchev–Trinajstić information content (AvgIpc) is 3.02. The molecule has 0 saturated heterocycles. The number of pyridine rings is 2. The maximum absolute atomic E-state index is 10.8. The summed E-state index contributed by atoms with van der Waals surface area (Å²) in [5, 5.41) is 22.5. The second-order valence-electron chi connectivity index (χ2n) is 8.43. The molecule has 8 heteroatoms. The lowest BCUT2D eigenvalue weighted by atomic mass is 9.96. The van der Waals surface area contributed by atoms with Crippen molar-refractivity contribution < 1.29 is 5.11 Å². The SMILES string of the molecule is Cc1cc(C(O)Nc2cccnc2C)ccc1C1SCCNc2c1c(-c1ccccn1)nn2C. The molecule has 174 valence electrons. The van der Waals surface area contributed by atoms with Gasteiger partial charge in [0.05, 0.1) is 22.3 Å². The molecule has 0 aliphatic carbocycles. The van der Waals surface area contributed by atoms with E-state index in [1.54, 1.807) is 12.4 Å². The number of aryl methyl sites for hydroxylation is 3. The fourth-order valence-electron chi connectivity index (χ4n) is 4.40. The van der Waals surface area contributed by atoms with Gasteiger partial charge in [-0.15, -0.1) is 11.8 Å². The quantitative estimate of drug-likeness (QED) is 0.358. The molecule has 4 heterocycles. The number of aromatic nitrogens is 4. The number of rotatable bonds is 5. The minimum Gasteiger partial charge on any atom is -0.369 e. The standard InChI is InChI=1S/C26H28N6OS/c1-16-15-18(26(33)30-20-8-6-12-27-17(20)2)9-10-19(16)24-22-23(21-7-4-5-11-28-21)31-32(3)25(22)29-13-14-34-24/h4-12,15,24,26,29-30,33H,13-14H2,1-3H3. The van der Waals surface area contributed by atoms with Crippen LogP contribution in [0.15, 0.2) is 60.9 Å². The van der Waals surface area contributed by atoms with Crippen LogP contribution in [0, 0.1) is 13.8 Å². The van der Waals surface area contributed by atoms with Gasteiger partial charge in [-0.05, 0) is 49.2 Å². The van der Waals surface area contributed by atoms with Crippen LogP contribution in [0.5, 0.6) is 0 Å². The van der Waals surface area contributed by atoms with Crippen LogP contribution in [0.3, 0.4) is 0 Å². The van der Waals surface area contributed by atoms with Gasteiger partial charge in [-0.1, -0.05) is 24.3 Å². The highest BCUT2D eigenvalue weighted by atomic mass is 32.2. The Labute approximate surface area is 203 Å². The van der Waals surface area contributed by atoms with Crippen LogP contribution in [0.1, 0.15) is 39.4 Å². The van der Waals surface area contributed by atoms with Crippen LogP contribution in [0.25, 0.3) is 11.4 Å². The van der Waals surface area contributed by atoms with Gasteiger partial charge >= 0.3 is 0 Å². The van der Waals surface area contributed by atoms with E-state index in [0.29, 0.717) is 0 Å². The summed E-state index contributed by atoms with van der Waals surface area (Å²) in [5.74, 6) is 2.01. The molecule has 0 radical (unpaired) electrons. The summed E-state index contributed by atoms with van der Waals surface area (Å²) in [5.41, 5.74) is 7.76. The molecule has 0 fully saturated rings. The van der Waals surface area contributed by atoms with E-state index in [4.69, 9.17) is 5.10 Å². The van der Waals surface area contributed by atoms with Gasteiger partial charge in [-0.25, -0.2) is 0 Å². The first-order chi connectivity index (χ1) is 16.5. The Balaban J connectivity index is 1.51. The van der Waals surface area contributed by atoms with Gasteiger partial charge in [0.25, 0.3) is 0 Å². The van der Waals surface area contributed by atoms with Crippen molar-refractivity contribution in [3.63, 3.8) is 0 Å². The molecular formula is C26H28N6OS. The molecule has 34 heavy (non-hydrogen) atoms. The highest BCUT2D eigenvalue weighted by molar-refractivity contribution is 7.99. The largest absolute Gasteiger partial charge is 0.369 e. The molecule has 0 amide bonds. The molecule has 1 aromatic carbocycles. The van der Waals surface area contributed by atoms with Crippen molar-refractivity contribution in [1.29, 1.82) is 0 Å². The minimum atomic E-state index is -0.822. The van der Waals surface area contributed by atoms with Gasteiger partial charge < -0.3 is 15.7 Å². The van der Waals surface area contributed by atoms with Gasteiger partial charge in [0.15, 0.2) is 6.23 Å². The summed E-state index contributed by atoms with van der Waals surface area (Å²) >= 11 is 1.90. The smallest absolute Gasteiger partial charge is 0.150 e. The van der Waals surface area contributed by atoms with Gasteiger partial charge in [0.1, 0.15) is 11.5 Å². The van der Waals surface area contributed by atoms with E-state index in [-0.39, 0.29) is 5.25 Å². The van der Waals surface area contributed by atoms with Crippen LogP contribution < -0.4 is 10.6 Å². The number of anilines is 2. The molecule has 2 unspecified atom stereocenters. The molecule has 0 saturated carbocycles. The predicted molar refractivity (Wildman–Crippen MR) is 138 cm³/mol. The van der Waals surface area contributed by atoms with Crippen molar-refractivity contribution in [2.24, 2.45) is 7.05 Å². The van der Waals surface area contributed by atoms with Crippen LogP contribution in [0.4, 0.5) is 11.5 Å². The van der Waals surface area contributed by atoms with E-state index in [1.807, 2.05) is 66.8 Å². The highest BCUT2D eigenvalue weighted by Crippen LogP contribution is 2.46. The van der Waals surface area contributed by atoms with Crippen molar-refractivity contribution in [3.05, 3.63) is 88.9 Å². The van der Waals surface area contributed by atoms with Gasteiger partial charge in [-0.3, -0.25) is 14.6 Å². The Morgan fingerprint density at radius 1 is 1.12 bits per heavy atom. The van der Waals surface area contributed by atoms with Crippen molar-refractivity contribution in [3.8, 4) is 11.4 Å². The average molecular weight is 473 g/mol. The van der Waals surface area contributed by atoms with Gasteiger partial charge in [0, 0.05) is 42.9 Å². The van der Waals surface area contributed by atoms with Crippen LogP contribution >= 0.6 is 11.8 Å². The van der Waals surface area contributed by atoms with Gasteiger partial charge in [0.2, 0.25) is 0 Å². The zero-order chi connectivity index (χ0) is 23.7. The number of thioether (sulfide) groups is 1. The van der Waals surface area contributed by atoms with Crippen LogP contribution in [-0.2, 0) is 7.05 Å². The lowest BCUT2D eigenvalue weighted by Gasteiger charge is -2.21. The molecule has 3 N–H and O–H groups in total. The Morgan fingerprint density at radius 3 is 2.74 bits per heavy atom. The lowest BCUT2D eigenvalue weighted by molar-refractivity contribution is 0.208. The van der Waals surface area contributed by atoms with E-state index in [9.17, 15) is 5.11 Å². The molecule has 4 aromatic rings. The van der Waals surface area contributed by atoms with E-state index in [0.717, 1.165) is 57.6 Å². The molecule has 0 spiro atoms. The van der Waals surface area contributed by atoms with Crippen molar-refractivity contribution in [2.75, 3.05) is 22.9 Å². The number of aliphatic hydroxyl groups excluding tert-OH is 1. The molecule has 7 nitrogen and oxygen atoms in total. The highest BCUT2D eigenvalue weighted by Gasteiger charge is 2.30. The van der Waals surface area contributed by atoms with E-state index in [1.165, 1.54) is 5.56 Å². The topological polar surface area (TPSA) is 87.9 Å². The first kappa shape index (κ1) is 22.4. The number of hydrogen-bond acceptors (Lipinski definition) is 7. The number of aliphatic hydroxyl groups is 1. The summed E-state index contributed by atoms with van der Waals surface area (Å²) in [7, 11) is 1.98. The third kappa shape index (κ3) is 4.26. The minimum absolute atomic E-state index is 0.107. The number of benzene rings is 1. The Bertz CT molecular complexity index is 1310. The number of fused-ring (bicyclic) bond motifs is 1. The summed E-state index contributed by atoms with van der Waals surface area (Å²) in [4.78, 5) is 8.87. The first-order valence-corrected chi connectivity index (χ1v) is 12.4. The maximum atomic E-state index is 10.8. The van der Waals surface area contributed by atoms with E-state index in [2.05, 4.69) is 39.7 Å². The molecule has 3 aromatic heterocycles. The monoisotopic (exact) mass is 472 g/mol. The van der Waals surface area contributed by atoms with Crippen LogP contribution in [0.2, 0.25) is 0 Å². The fourth-order valence-corrected chi connectivity index (χ4v) is 5.69.